The van der Waals surface area contributed by atoms with Crippen molar-refractivity contribution in [2.45, 2.75) is 0 Å². The van der Waals surface area contributed by atoms with Crippen molar-refractivity contribution in [3.63, 3.8) is 0 Å². The van der Waals surface area contributed by atoms with Gasteiger partial charge < -0.3 is 4.98 Å². The van der Waals surface area contributed by atoms with E-state index in [0.717, 1.165) is 11.4 Å². The largest absolute Gasteiger partial charge is 0.345 e. The molecule has 0 aliphatic rings. The third-order valence-corrected chi connectivity index (χ3v) is 1.34. The molecule has 0 aliphatic carbocycles. The molecule has 0 unspecified atom stereocenters. The number of aromatic nitrogens is 2. The summed E-state index contributed by atoms with van der Waals surface area (Å²) >= 11 is 0. The molecular formula is C9H11N3. The highest BCUT2D eigenvalue weighted by Gasteiger charge is 1.97. The van der Waals surface area contributed by atoms with E-state index in [0.29, 0.717) is 0 Å². The standard InChI is InChI=1S/C9H11N3/c1-3-4-8(7-10-2)9-11-5-6-12-9/h3-7H,1H2,2H3,(H,11,12)/b8-4+,10-7?. The lowest BCUT2D eigenvalue weighted by Gasteiger charge is -1.93. The number of hydrogen-bond donors (Lipinski definition) is 1. The average molecular weight is 161 g/mol. The van der Waals surface area contributed by atoms with E-state index in [1.54, 1.807) is 31.7 Å². The maximum Gasteiger partial charge on any atom is 0.138 e. The van der Waals surface area contributed by atoms with Gasteiger partial charge in [0.1, 0.15) is 5.82 Å². The molecule has 0 saturated carbocycles. The predicted molar refractivity (Wildman–Crippen MR) is 51.2 cm³/mol. The third-order valence-electron chi connectivity index (χ3n) is 1.34. The number of nitrogens with one attached hydrogen (secondary N) is 1. The lowest BCUT2D eigenvalue weighted by atomic mass is 10.2. The Morgan fingerprint density at radius 1 is 1.75 bits per heavy atom. The number of hydrogen-bond acceptors (Lipinski definition) is 2. The van der Waals surface area contributed by atoms with Crippen LogP contribution in [-0.2, 0) is 0 Å². The zero-order valence-corrected chi connectivity index (χ0v) is 6.99. The minimum atomic E-state index is 0.806. The molecule has 1 rings (SSSR count). The van der Waals surface area contributed by atoms with Gasteiger partial charge in [0.2, 0.25) is 0 Å². The summed E-state index contributed by atoms with van der Waals surface area (Å²) in [6.45, 7) is 3.61. The van der Waals surface area contributed by atoms with E-state index in [4.69, 9.17) is 0 Å². The second-order valence-corrected chi connectivity index (χ2v) is 2.18. The number of allylic oxidation sites excluding steroid dienone is 3. The molecule has 1 N–H and O–H groups in total. The minimum Gasteiger partial charge on any atom is -0.345 e. The lowest BCUT2D eigenvalue weighted by Crippen LogP contribution is -1.87. The molecule has 3 nitrogen and oxygen atoms in total. The van der Waals surface area contributed by atoms with Crippen molar-refractivity contribution >= 4 is 11.8 Å². The van der Waals surface area contributed by atoms with E-state index in [-0.39, 0.29) is 0 Å². The normalized spacial score (nSPS) is 12.2. The summed E-state index contributed by atoms with van der Waals surface area (Å²) in [5.74, 6) is 0.806. The maximum atomic E-state index is 4.09. The first-order chi connectivity index (χ1) is 5.88. The summed E-state index contributed by atoms with van der Waals surface area (Å²) in [5.41, 5.74) is 0.928. The van der Waals surface area contributed by atoms with Crippen LogP contribution in [0.4, 0.5) is 0 Å². The molecule has 3 heteroatoms. The zero-order valence-electron chi connectivity index (χ0n) is 6.99. The molecule has 12 heavy (non-hydrogen) atoms. The lowest BCUT2D eigenvalue weighted by molar-refractivity contribution is 1.25. The summed E-state index contributed by atoms with van der Waals surface area (Å²) in [5, 5.41) is 0. The van der Waals surface area contributed by atoms with Gasteiger partial charge in [0, 0.05) is 31.2 Å². The quantitative estimate of drug-likeness (QED) is 0.531. The maximum absolute atomic E-state index is 4.09. The van der Waals surface area contributed by atoms with E-state index in [1.165, 1.54) is 0 Å². The van der Waals surface area contributed by atoms with Crippen LogP contribution < -0.4 is 0 Å². The molecule has 0 aromatic carbocycles. The van der Waals surface area contributed by atoms with E-state index < -0.39 is 0 Å². The molecule has 62 valence electrons. The molecule has 0 amide bonds. The highest BCUT2D eigenvalue weighted by atomic mass is 14.9. The monoisotopic (exact) mass is 161 g/mol. The number of nitrogens with zero attached hydrogens (tertiary/aromatic N) is 2. The first-order valence-corrected chi connectivity index (χ1v) is 3.63. The third kappa shape index (κ3) is 1.92. The Morgan fingerprint density at radius 2 is 2.58 bits per heavy atom. The summed E-state index contributed by atoms with van der Waals surface area (Å²) in [6, 6.07) is 0. The fourth-order valence-corrected chi connectivity index (χ4v) is 0.872. The van der Waals surface area contributed by atoms with Crippen molar-refractivity contribution in [1.29, 1.82) is 0 Å². The van der Waals surface area contributed by atoms with Gasteiger partial charge in [0.15, 0.2) is 0 Å². The molecule has 0 aliphatic heterocycles. The van der Waals surface area contributed by atoms with Crippen LogP contribution in [0.3, 0.4) is 0 Å². The smallest absolute Gasteiger partial charge is 0.138 e. The van der Waals surface area contributed by atoms with Crippen molar-refractivity contribution in [2.75, 3.05) is 7.05 Å². The summed E-state index contributed by atoms with van der Waals surface area (Å²) in [6.07, 6.45) is 8.78. The minimum absolute atomic E-state index is 0.806. The zero-order chi connectivity index (χ0) is 8.81. The highest BCUT2D eigenvalue weighted by molar-refractivity contribution is 6.08. The molecular weight excluding hydrogens is 150 g/mol. The van der Waals surface area contributed by atoms with Gasteiger partial charge in [-0.3, -0.25) is 4.99 Å². The van der Waals surface area contributed by atoms with E-state index in [1.807, 2.05) is 6.08 Å². The van der Waals surface area contributed by atoms with Crippen LogP contribution in [0.15, 0.2) is 36.1 Å². The number of aromatic amines is 1. The number of imidazole rings is 1. The van der Waals surface area contributed by atoms with Crippen LogP contribution in [0.5, 0.6) is 0 Å². The first-order valence-electron chi connectivity index (χ1n) is 3.63. The Hall–Kier alpha value is -1.64. The highest BCUT2D eigenvalue weighted by Crippen LogP contribution is 2.05. The van der Waals surface area contributed by atoms with Gasteiger partial charge in [0.25, 0.3) is 0 Å². The molecule has 0 spiro atoms. The van der Waals surface area contributed by atoms with Gasteiger partial charge in [-0.1, -0.05) is 18.7 Å². The summed E-state index contributed by atoms with van der Waals surface area (Å²) in [4.78, 5) is 11.0. The van der Waals surface area contributed by atoms with Crippen molar-refractivity contribution < 1.29 is 0 Å². The van der Waals surface area contributed by atoms with Crippen molar-refractivity contribution in [2.24, 2.45) is 4.99 Å². The van der Waals surface area contributed by atoms with Gasteiger partial charge in [-0.25, -0.2) is 4.98 Å². The van der Waals surface area contributed by atoms with Gasteiger partial charge in [-0.05, 0) is 0 Å². The van der Waals surface area contributed by atoms with Crippen LogP contribution in [0.25, 0.3) is 5.57 Å². The molecule has 0 radical (unpaired) electrons. The van der Waals surface area contributed by atoms with E-state index in [2.05, 4.69) is 21.5 Å². The Labute approximate surface area is 71.6 Å². The SMILES string of the molecule is C=C/C=C(\C=NC)c1ncc[nH]1. The Morgan fingerprint density at radius 3 is 3.08 bits per heavy atom. The number of rotatable bonds is 3. The van der Waals surface area contributed by atoms with Crippen LogP contribution in [0, 0.1) is 0 Å². The van der Waals surface area contributed by atoms with Crippen molar-refractivity contribution in [1.82, 2.24) is 9.97 Å². The Balaban J connectivity index is 2.95. The Bertz CT molecular complexity index is 294. The number of aliphatic imine (C=N–C) groups is 1. The molecule has 1 aromatic heterocycles. The van der Waals surface area contributed by atoms with Crippen molar-refractivity contribution in [3.05, 3.63) is 36.9 Å². The van der Waals surface area contributed by atoms with Gasteiger partial charge in [-0.2, -0.15) is 0 Å². The molecule has 1 aromatic rings. The average Bonchev–Trinajstić information content (AvgIpc) is 2.56. The molecule has 0 saturated heterocycles. The molecule has 1 heterocycles. The number of H-pyrrole nitrogens is 1. The van der Waals surface area contributed by atoms with Gasteiger partial charge in [0.05, 0.1) is 0 Å². The second-order valence-electron chi connectivity index (χ2n) is 2.18. The molecule has 0 fully saturated rings. The summed E-state index contributed by atoms with van der Waals surface area (Å²) < 4.78 is 0. The van der Waals surface area contributed by atoms with Crippen LogP contribution in [0.2, 0.25) is 0 Å². The predicted octanol–water partition coefficient (Wildman–Crippen LogP) is 1.68. The first kappa shape index (κ1) is 8.46. The molecule has 0 bridgehead atoms. The van der Waals surface area contributed by atoms with Crippen molar-refractivity contribution in [3.8, 4) is 0 Å². The fourth-order valence-electron chi connectivity index (χ4n) is 0.872. The van der Waals surface area contributed by atoms with Crippen LogP contribution in [-0.4, -0.2) is 23.2 Å². The van der Waals surface area contributed by atoms with E-state index >= 15 is 0 Å². The summed E-state index contributed by atoms with van der Waals surface area (Å²) in [7, 11) is 1.72. The van der Waals surface area contributed by atoms with Crippen LogP contribution in [0.1, 0.15) is 5.82 Å². The van der Waals surface area contributed by atoms with Gasteiger partial charge in [-0.15, -0.1) is 0 Å². The topological polar surface area (TPSA) is 41.0 Å². The fraction of sp³-hybridized carbons (Fsp3) is 0.111. The van der Waals surface area contributed by atoms with Gasteiger partial charge >= 0.3 is 0 Å². The van der Waals surface area contributed by atoms with E-state index in [9.17, 15) is 0 Å². The second kappa shape index (κ2) is 4.28. The molecule has 0 atom stereocenters. The van der Waals surface area contributed by atoms with Crippen LogP contribution >= 0.6 is 0 Å². The Kier molecular flexibility index (Phi) is 3.02.